The van der Waals surface area contributed by atoms with E-state index in [9.17, 15) is 4.79 Å². The fourth-order valence-corrected chi connectivity index (χ4v) is 2.77. The van der Waals surface area contributed by atoms with E-state index >= 15 is 0 Å². The summed E-state index contributed by atoms with van der Waals surface area (Å²) in [5.41, 5.74) is 2.74. The van der Waals surface area contributed by atoms with Gasteiger partial charge >= 0.3 is 0 Å². The highest BCUT2D eigenvalue weighted by molar-refractivity contribution is 7.15. The number of hydrogen-bond donors (Lipinski definition) is 1. The molecule has 0 unspecified atom stereocenters. The Hall–Kier alpha value is -2.40. The monoisotopic (exact) mass is 297 g/mol. The first kappa shape index (κ1) is 13.6. The molecule has 3 aromatic rings. The lowest BCUT2D eigenvalue weighted by Crippen LogP contribution is -2.12. The highest BCUT2D eigenvalue weighted by atomic mass is 32.1. The molecule has 2 heterocycles. The van der Waals surface area contributed by atoms with Gasteiger partial charge in [-0.3, -0.25) is 10.1 Å². The van der Waals surface area contributed by atoms with Crippen LogP contribution in [-0.2, 0) is 0 Å². The number of carbonyl (C=O) groups is 1. The van der Waals surface area contributed by atoms with Crippen LogP contribution in [0.25, 0.3) is 5.69 Å². The molecule has 0 spiro atoms. The number of anilines is 1. The fraction of sp³-hybridized carbons (Fsp3) is 0.125. The number of carbonyl (C=O) groups excluding carboxylic acids is 1. The second kappa shape index (κ2) is 5.54. The molecule has 0 bridgehead atoms. The first-order chi connectivity index (χ1) is 10.1. The minimum atomic E-state index is -0.141. The van der Waals surface area contributed by atoms with Crippen LogP contribution in [0.2, 0.25) is 0 Å². The first-order valence-electron chi connectivity index (χ1n) is 6.61. The van der Waals surface area contributed by atoms with Gasteiger partial charge in [-0.2, -0.15) is 0 Å². The molecule has 0 aliphatic carbocycles. The van der Waals surface area contributed by atoms with E-state index in [0.29, 0.717) is 10.7 Å². The molecule has 0 fully saturated rings. The van der Waals surface area contributed by atoms with Gasteiger partial charge in [0.15, 0.2) is 5.13 Å². The van der Waals surface area contributed by atoms with Gasteiger partial charge in [-0.1, -0.05) is 6.07 Å². The number of aromatic nitrogens is 2. The molecule has 0 aliphatic rings. The fourth-order valence-electron chi connectivity index (χ4n) is 2.11. The van der Waals surface area contributed by atoms with E-state index in [4.69, 9.17) is 0 Å². The molecule has 2 aromatic heterocycles. The van der Waals surface area contributed by atoms with Crippen molar-refractivity contribution in [2.24, 2.45) is 0 Å². The molecule has 5 heteroatoms. The minimum Gasteiger partial charge on any atom is -0.324 e. The molecule has 1 aromatic carbocycles. The number of nitrogens with one attached hydrogen (secondary N) is 1. The highest BCUT2D eigenvalue weighted by Crippen LogP contribution is 2.20. The molecule has 4 nitrogen and oxygen atoms in total. The third-order valence-corrected chi connectivity index (χ3v) is 4.02. The number of nitrogens with zero attached hydrogens (tertiary/aromatic N) is 2. The van der Waals surface area contributed by atoms with Gasteiger partial charge < -0.3 is 4.57 Å². The van der Waals surface area contributed by atoms with Crippen LogP contribution in [0.1, 0.15) is 20.8 Å². The van der Waals surface area contributed by atoms with Crippen molar-refractivity contribution in [2.45, 2.75) is 13.8 Å². The first-order valence-corrected chi connectivity index (χ1v) is 7.43. The summed E-state index contributed by atoms with van der Waals surface area (Å²) >= 11 is 1.47. The summed E-state index contributed by atoms with van der Waals surface area (Å²) in [6.45, 7) is 3.99. The Labute approximate surface area is 127 Å². The lowest BCUT2D eigenvalue weighted by molar-refractivity contribution is 0.102. The topological polar surface area (TPSA) is 46.9 Å². The van der Waals surface area contributed by atoms with Gasteiger partial charge in [-0.25, -0.2) is 4.98 Å². The van der Waals surface area contributed by atoms with Crippen molar-refractivity contribution in [3.8, 4) is 5.69 Å². The summed E-state index contributed by atoms with van der Waals surface area (Å²) in [4.78, 5) is 17.5. The van der Waals surface area contributed by atoms with Crippen LogP contribution >= 0.6 is 11.3 Å². The highest BCUT2D eigenvalue weighted by Gasteiger charge is 2.10. The summed E-state index contributed by atoms with van der Waals surface area (Å²) in [7, 11) is 0. The van der Waals surface area contributed by atoms with Gasteiger partial charge in [-0.15, -0.1) is 11.3 Å². The zero-order valence-electron chi connectivity index (χ0n) is 11.8. The summed E-state index contributed by atoms with van der Waals surface area (Å²) in [5.74, 6) is -0.141. The van der Waals surface area contributed by atoms with Crippen molar-refractivity contribution in [3.05, 3.63) is 64.9 Å². The molecule has 0 radical (unpaired) electrons. The smallest absolute Gasteiger partial charge is 0.257 e. The Morgan fingerprint density at radius 3 is 2.67 bits per heavy atom. The predicted octanol–water partition coefficient (Wildman–Crippen LogP) is 3.80. The maximum atomic E-state index is 12.3. The molecular weight excluding hydrogens is 282 g/mol. The van der Waals surface area contributed by atoms with E-state index < -0.39 is 0 Å². The van der Waals surface area contributed by atoms with Crippen LogP contribution in [0.15, 0.2) is 48.9 Å². The number of benzene rings is 1. The molecular formula is C16H15N3OS. The van der Waals surface area contributed by atoms with Crippen LogP contribution in [0.5, 0.6) is 0 Å². The number of rotatable bonds is 3. The third-order valence-electron chi connectivity index (χ3n) is 3.20. The van der Waals surface area contributed by atoms with Crippen molar-refractivity contribution < 1.29 is 4.79 Å². The summed E-state index contributed by atoms with van der Waals surface area (Å²) < 4.78 is 2.00. The average Bonchev–Trinajstić information content (AvgIpc) is 3.11. The van der Waals surface area contributed by atoms with E-state index in [0.717, 1.165) is 16.1 Å². The van der Waals surface area contributed by atoms with E-state index in [-0.39, 0.29) is 5.91 Å². The van der Waals surface area contributed by atoms with Crippen LogP contribution in [0.4, 0.5) is 5.13 Å². The van der Waals surface area contributed by atoms with Crippen LogP contribution in [-0.4, -0.2) is 15.5 Å². The number of aryl methyl sites for hydroxylation is 2. The maximum absolute atomic E-state index is 12.3. The van der Waals surface area contributed by atoms with E-state index in [1.54, 1.807) is 6.20 Å². The molecule has 0 aliphatic heterocycles. The van der Waals surface area contributed by atoms with E-state index in [1.807, 2.05) is 61.1 Å². The van der Waals surface area contributed by atoms with Crippen LogP contribution in [0, 0.1) is 13.8 Å². The van der Waals surface area contributed by atoms with Gasteiger partial charge in [0.05, 0.1) is 0 Å². The molecule has 3 rings (SSSR count). The Morgan fingerprint density at radius 2 is 2.00 bits per heavy atom. The number of amides is 1. The molecule has 0 saturated heterocycles. The van der Waals surface area contributed by atoms with E-state index in [2.05, 4.69) is 10.3 Å². The second-order valence-corrected chi connectivity index (χ2v) is 6.06. The number of thiazole rings is 1. The summed E-state index contributed by atoms with van der Waals surface area (Å²) in [6.07, 6.45) is 5.68. The second-order valence-electron chi connectivity index (χ2n) is 4.82. The molecule has 106 valence electrons. The molecule has 0 saturated carbocycles. The van der Waals surface area contributed by atoms with E-state index in [1.165, 1.54) is 11.3 Å². The van der Waals surface area contributed by atoms with Crippen molar-refractivity contribution in [3.63, 3.8) is 0 Å². The van der Waals surface area contributed by atoms with Gasteiger partial charge in [0.2, 0.25) is 0 Å². The maximum Gasteiger partial charge on any atom is 0.257 e. The lowest BCUT2D eigenvalue weighted by Gasteiger charge is -2.09. The van der Waals surface area contributed by atoms with Gasteiger partial charge in [0.1, 0.15) is 0 Å². The zero-order chi connectivity index (χ0) is 14.8. The summed E-state index contributed by atoms with van der Waals surface area (Å²) in [6, 6.07) is 9.61. The standard InChI is InChI=1S/C16H15N3OS/c1-11-5-6-13(9-14(11)19-7-3-4-8-19)15(20)18-16-17-10-12(2)21-16/h3-10H,1-2H3,(H,17,18,20). The van der Waals surface area contributed by atoms with Crippen LogP contribution in [0.3, 0.4) is 0 Å². The van der Waals surface area contributed by atoms with Crippen molar-refractivity contribution in [1.29, 1.82) is 0 Å². The normalized spacial score (nSPS) is 10.6. The predicted molar refractivity (Wildman–Crippen MR) is 85.3 cm³/mol. The number of hydrogen-bond acceptors (Lipinski definition) is 3. The Kier molecular flexibility index (Phi) is 3.58. The Morgan fingerprint density at radius 1 is 1.24 bits per heavy atom. The molecule has 1 amide bonds. The molecule has 0 atom stereocenters. The van der Waals surface area contributed by atoms with Crippen LogP contribution < -0.4 is 5.32 Å². The Balaban J connectivity index is 1.89. The average molecular weight is 297 g/mol. The minimum absolute atomic E-state index is 0.141. The van der Waals surface area contributed by atoms with Gasteiger partial charge in [0, 0.05) is 34.7 Å². The quantitative estimate of drug-likeness (QED) is 0.799. The van der Waals surface area contributed by atoms with Crippen molar-refractivity contribution in [2.75, 3.05) is 5.32 Å². The zero-order valence-corrected chi connectivity index (χ0v) is 12.6. The molecule has 1 N–H and O–H groups in total. The SMILES string of the molecule is Cc1cnc(NC(=O)c2ccc(C)c(-n3cccc3)c2)s1. The Bertz CT molecular complexity index is 775. The van der Waals surface area contributed by atoms with Gasteiger partial charge in [0.25, 0.3) is 5.91 Å². The third kappa shape index (κ3) is 2.87. The van der Waals surface area contributed by atoms with Crippen molar-refractivity contribution in [1.82, 2.24) is 9.55 Å². The van der Waals surface area contributed by atoms with Crippen molar-refractivity contribution >= 4 is 22.4 Å². The molecule has 21 heavy (non-hydrogen) atoms. The van der Waals surface area contributed by atoms with Gasteiger partial charge in [-0.05, 0) is 43.7 Å². The lowest BCUT2D eigenvalue weighted by atomic mass is 10.1. The largest absolute Gasteiger partial charge is 0.324 e. The summed E-state index contributed by atoms with van der Waals surface area (Å²) in [5, 5.41) is 3.46.